The van der Waals surface area contributed by atoms with Crippen LogP contribution in [0.2, 0.25) is 0 Å². The van der Waals surface area contributed by atoms with Crippen molar-refractivity contribution >= 4 is 11.7 Å². The highest BCUT2D eigenvalue weighted by Gasteiger charge is 2.36. The topological polar surface area (TPSA) is 47.9 Å². The molecule has 4 heteroatoms. The first-order valence-corrected chi connectivity index (χ1v) is 7.81. The summed E-state index contributed by atoms with van der Waals surface area (Å²) in [6, 6.07) is 10.5. The van der Waals surface area contributed by atoms with Crippen LogP contribution in [0.25, 0.3) is 0 Å². The van der Waals surface area contributed by atoms with E-state index in [1.54, 1.807) is 0 Å². The molecule has 0 N–H and O–H groups in total. The summed E-state index contributed by atoms with van der Waals surface area (Å²) in [4.78, 5) is 16.4. The minimum absolute atomic E-state index is 0.0132. The molecule has 1 atom stereocenters. The lowest BCUT2D eigenvalue weighted by molar-refractivity contribution is -0.162. The maximum atomic E-state index is 11.6. The van der Waals surface area contributed by atoms with Crippen LogP contribution < -0.4 is 0 Å². The van der Waals surface area contributed by atoms with Crippen LogP contribution in [0.3, 0.4) is 0 Å². The maximum Gasteiger partial charge on any atom is 0.332 e. The Bertz CT molecular complexity index is 522. The molecule has 0 radical (unpaired) electrons. The molecule has 2 rings (SSSR count). The number of hydrogen-bond acceptors (Lipinski definition) is 4. The second-order valence-corrected chi connectivity index (χ2v) is 6.25. The van der Waals surface area contributed by atoms with Gasteiger partial charge in [-0.15, -0.1) is 0 Å². The van der Waals surface area contributed by atoms with Gasteiger partial charge in [0.1, 0.15) is 12.2 Å². The van der Waals surface area contributed by atoms with Crippen molar-refractivity contribution in [3.8, 4) is 0 Å². The van der Waals surface area contributed by atoms with Gasteiger partial charge >= 0.3 is 5.97 Å². The van der Waals surface area contributed by atoms with Crippen molar-refractivity contribution in [3.63, 3.8) is 0 Å². The van der Waals surface area contributed by atoms with Crippen LogP contribution in [0.4, 0.5) is 0 Å². The summed E-state index contributed by atoms with van der Waals surface area (Å²) < 4.78 is 10.3. The average molecular weight is 303 g/mol. The molecule has 1 aromatic carbocycles. The number of rotatable bonds is 7. The lowest BCUT2D eigenvalue weighted by Gasteiger charge is -2.29. The SMILES string of the molecule is COCC(=O)OC(C)(C)C1CCC(CCc2ccccc2)=N1. The number of carbonyl (C=O) groups is 1. The summed E-state index contributed by atoms with van der Waals surface area (Å²) in [7, 11) is 1.49. The maximum absolute atomic E-state index is 11.6. The third-order valence-corrected chi connectivity index (χ3v) is 4.03. The molecule has 0 saturated carbocycles. The molecule has 1 heterocycles. The zero-order valence-corrected chi connectivity index (χ0v) is 13.7. The van der Waals surface area contributed by atoms with Gasteiger partial charge in [-0.3, -0.25) is 4.99 Å². The molecule has 22 heavy (non-hydrogen) atoms. The molecule has 0 aromatic heterocycles. The van der Waals surface area contributed by atoms with E-state index in [1.165, 1.54) is 18.4 Å². The molecule has 1 aromatic rings. The second-order valence-electron chi connectivity index (χ2n) is 6.25. The van der Waals surface area contributed by atoms with Crippen molar-refractivity contribution in [2.75, 3.05) is 13.7 Å². The van der Waals surface area contributed by atoms with Crippen LogP contribution in [0.1, 0.15) is 38.7 Å². The summed E-state index contributed by atoms with van der Waals surface area (Å²) in [6.45, 7) is 3.84. The van der Waals surface area contributed by atoms with E-state index in [-0.39, 0.29) is 18.6 Å². The largest absolute Gasteiger partial charge is 0.456 e. The van der Waals surface area contributed by atoms with Crippen LogP contribution in [0.5, 0.6) is 0 Å². The van der Waals surface area contributed by atoms with Gasteiger partial charge in [0.05, 0.1) is 6.04 Å². The van der Waals surface area contributed by atoms with E-state index in [2.05, 4.69) is 24.3 Å². The number of hydrogen-bond donors (Lipinski definition) is 0. The molecule has 0 spiro atoms. The Balaban J connectivity index is 1.89. The lowest BCUT2D eigenvalue weighted by atomic mass is 9.96. The molecule has 1 aliphatic heterocycles. The van der Waals surface area contributed by atoms with Gasteiger partial charge in [-0.05, 0) is 45.1 Å². The van der Waals surface area contributed by atoms with Crippen LogP contribution in [0.15, 0.2) is 35.3 Å². The van der Waals surface area contributed by atoms with Crippen molar-refractivity contribution in [2.24, 2.45) is 4.99 Å². The number of ether oxygens (including phenoxy) is 2. The monoisotopic (exact) mass is 303 g/mol. The fourth-order valence-corrected chi connectivity index (χ4v) is 2.79. The predicted octanol–water partition coefficient (Wildman–Crippen LogP) is 3.19. The highest BCUT2D eigenvalue weighted by molar-refractivity contribution is 5.86. The van der Waals surface area contributed by atoms with E-state index in [0.29, 0.717) is 0 Å². The molecule has 4 nitrogen and oxygen atoms in total. The van der Waals surface area contributed by atoms with Crippen LogP contribution >= 0.6 is 0 Å². The predicted molar refractivity (Wildman–Crippen MR) is 87.3 cm³/mol. The zero-order chi connectivity index (χ0) is 16.0. The number of aliphatic imine (C=N–C) groups is 1. The van der Waals surface area contributed by atoms with Crippen molar-refractivity contribution in [1.82, 2.24) is 0 Å². The standard InChI is InChI=1S/C18H25NO3/c1-18(2,22-17(20)13-21-3)16-12-11-15(19-16)10-9-14-7-5-4-6-8-14/h4-8,16H,9-13H2,1-3H3. The smallest absolute Gasteiger partial charge is 0.332 e. The van der Waals surface area contributed by atoms with E-state index in [9.17, 15) is 4.79 Å². The molecule has 1 aliphatic rings. The summed E-state index contributed by atoms with van der Waals surface area (Å²) in [5.74, 6) is -0.333. The van der Waals surface area contributed by atoms with Gasteiger partial charge in [0.15, 0.2) is 0 Å². The van der Waals surface area contributed by atoms with Gasteiger partial charge in [0.2, 0.25) is 0 Å². The third kappa shape index (κ3) is 4.67. The molecule has 0 fully saturated rings. The van der Waals surface area contributed by atoms with Gasteiger partial charge in [-0.2, -0.15) is 0 Å². The van der Waals surface area contributed by atoms with E-state index < -0.39 is 5.60 Å². The van der Waals surface area contributed by atoms with Gasteiger partial charge in [0, 0.05) is 12.8 Å². The van der Waals surface area contributed by atoms with E-state index in [4.69, 9.17) is 14.5 Å². The summed E-state index contributed by atoms with van der Waals surface area (Å²) >= 11 is 0. The fourth-order valence-electron chi connectivity index (χ4n) is 2.79. The minimum Gasteiger partial charge on any atom is -0.456 e. The molecule has 120 valence electrons. The highest BCUT2D eigenvalue weighted by atomic mass is 16.6. The summed E-state index contributed by atoms with van der Waals surface area (Å²) in [6.07, 6.45) is 3.92. The Morgan fingerprint density at radius 1 is 1.27 bits per heavy atom. The van der Waals surface area contributed by atoms with Crippen LogP contribution in [-0.2, 0) is 20.7 Å². The van der Waals surface area contributed by atoms with Crippen LogP contribution in [0, 0.1) is 0 Å². The number of carbonyl (C=O) groups excluding carboxylic acids is 1. The summed E-state index contributed by atoms with van der Waals surface area (Å²) in [5.41, 5.74) is 1.98. The van der Waals surface area contributed by atoms with Crippen molar-refractivity contribution in [1.29, 1.82) is 0 Å². The molecule has 0 saturated heterocycles. The Labute approximate surface area is 132 Å². The molecular formula is C18H25NO3. The number of nitrogens with zero attached hydrogens (tertiary/aromatic N) is 1. The average Bonchev–Trinajstić information content (AvgIpc) is 2.96. The number of benzene rings is 1. The minimum atomic E-state index is -0.579. The summed E-state index contributed by atoms with van der Waals surface area (Å²) in [5, 5.41) is 0. The number of aryl methyl sites for hydroxylation is 1. The zero-order valence-electron chi connectivity index (χ0n) is 13.7. The van der Waals surface area contributed by atoms with Gasteiger partial charge < -0.3 is 9.47 Å². The molecule has 0 bridgehead atoms. The third-order valence-electron chi connectivity index (χ3n) is 4.03. The first-order valence-electron chi connectivity index (χ1n) is 7.81. The Kier molecular flexibility index (Phi) is 5.72. The van der Waals surface area contributed by atoms with Gasteiger partial charge in [-0.25, -0.2) is 4.79 Å². The molecule has 1 unspecified atom stereocenters. The Hall–Kier alpha value is -1.68. The van der Waals surface area contributed by atoms with Crippen molar-refractivity contribution < 1.29 is 14.3 Å². The van der Waals surface area contributed by atoms with Crippen molar-refractivity contribution in [2.45, 2.75) is 51.2 Å². The highest BCUT2D eigenvalue weighted by Crippen LogP contribution is 2.28. The quantitative estimate of drug-likeness (QED) is 0.727. The van der Waals surface area contributed by atoms with Gasteiger partial charge in [0.25, 0.3) is 0 Å². The fraction of sp³-hybridized carbons (Fsp3) is 0.556. The molecule has 0 aliphatic carbocycles. The first kappa shape index (κ1) is 16.7. The Morgan fingerprint density at radius 3 is 2.68 bits per heavy atom. The first-order chi connectivity index (χ1) is 10.5. The van der Waals surface area contributed by atoms with Gasteiger partial charge in [-0.1, -0.05) is 30.3 Å². The Morgan fingerprint density at radius 2 is 2.00 bits per heavy atom. The van der Waals surface area contributed by atoms with E-state index >= 15 is 0 Å². The van der Waals surface area contributed by atoms with E-state index in [0.717, 1.165) is 25.7 Å². The van der Waals surface area contributed by atoms with Crippen molar-refractivity contribution in [3.05, 3.63) is 35.9 Å². The normalized spacial score (nSPS) is 18.1. The lowest BCUT2D eigenvalue weighted by Crippen LogP contribution is -2.39. The number of esters is 1. The second kappa shape index (κ2) is 7.54. The number of methoxy groups -OCH3 is 1. The van der Waals surface area contributed by atoms with E-state index in [1.807, 2.05) is 19.9 Å². The molecule has 0 amide bonds. The van der Waals surface area contributed by atoms with Crippen LogP contribution in [-0.4, -0.2) is 37.0 Å². The molecular weight excluding hydrogens is 278 g/mol.